The van der Waals surface area contributed by atoms with Gasteiger partial charge in [0.2, 0.25) is 10.0 Å². The third-order valence-electron chi connectivity index (χ3n) is 4.74. The van der Waals surface area contributed by atoms with Gasteiger partial charge in [-0.05, 0) is 49.1 Å². The van der Waals surface area contributed by atoms with Crippen molar-refractivity contribution in [2.45, 2.75) is 18.7 Å². The number of carbonyl (C=O) groups is 1. The number of aryl methyl sites for hydroxylation is 3. The van der Waals surface area contributed by atoms with Crippen LogP contribution in [0.5, 0.6) is 0 Å². The van der Waals surface area contributed by atoms with Gasteiger partial charge in [0.15, 0.2) is 5.65 Å². The van der Waals surface area contributed by atoms with Crippen LogP contribution >= 0.6 is 11.3 Å². The molecule has 1 aromatic carbocycles. The molecule has 30 heavy (non-hydrogen) atoms. The third-order valence-corrected chi connectivity index (χ3v) is 6.68. The van der Waals surface area contributed by atoms with Gasteiger partial charge in [-0.25, -0.2) is 18.5 Å². The van der Waals surface area contributed by atoms with Gasteiger partial charge in [-0.1, -0.05) is 12.1 Å². The minimum atomic E-state index is -3.90. The van der Waals surface area contributed by atoms with Crippen molar-refractivity contribution in [2.24, 2.45) is 12.2 Å². The summed E-state index contributed by atoms with van der Waals surface area (Å²) in [5.41, 5.74) is 3.19. The summed E-state index contributed by atoms with van der Waals surface area (Å²) < 4.78 is 25.3. The maximum atomic E-state index is 13.2. The van der Waals surface area contributed by atoms with Crippen LogP contribution in [0.3, 0.4) is 0 Å². The van der Waals surface area contributed by atoms with E-state index >= 15 is 0 Å². The smallest absolute Gasteiger partial charge is 0.256 e. The van der Waals surface area contributed by atoms with Crippen LogP contribution in [-0.4, -0.2) is 29.1 Å². The molecular weight excluding hydrogens is 422 g/mol. The van der Waals surface area contributed by atoms with Gasteiger partial charge >= 0.3 is 0 Å². The fourth-order valence-corrected chi connectivity index (χ4v) is 4.85. The first-order valence-corrected chi connectivity index (χ1v) is 11.4. The van der Waals surface area contributed by atoms with Crippen LogP contribution in [-0.2, 0) is 17.1 Å². The first-order valence-electron chi connectivity index (χ1n) is 8.98. The molecule has 0 aliphatic rings. The van der Waals surface area contributed by atoms with Crippen molar-refractivity contribution in [3.05, 3.63) is 58.6 Å². The fourth-order valence-electron chi connectivity index (χ4n) is 3.36. The second kappa shape index (κ2) is 7.31. The summed E-state index contributed by atoms with van der Waals surface area (Å²) in [6.07, 6.45) is 0. The highest BCUT2D eigenvalue weighted by Crippen LogP contribution is 2.30. The summed E-state index contributed by atoms with van der Waals surface area (Å²) in [5.74, 6) is -0.388. The number of amides is 1. The normalized spacial score (nSPS) is 11.7. The second-order valence-electron chi connectivity index (χ2n) is 6.92. The average molecular weight is 442 g/mol. The molecule has 10 heteroatoms. The van der Waals surface area contributed by atoms with Gasteiger partial charge in [-0.3, -0.25) is 9.48 Å². The lowest BCUT2D eigenvalue weighted by atomic mass is 10.1. The van der Waals surface area contributed by atoms with Crippen LogP contribution in [0.4, 0.5) is 5.69 Å². The molecule has 0 atom stereocenters. The zero-order valence-corrected chi connectivity index (χ0v) is 18.1. The van der Waals surface area contributed by atoms with E-state index in [0.29, 0.717) is 39.2 Å². The van der Waals surface area contributed by atoms with Crippen LogP contribution in [0, 0.1) is 13.8 Å². The van der Waals surface area contributed by atoms with E-state index in [-0.39, 0.29) is 10.8 Å². The van der Waals surface area contributed by atoms with E-state index in [1.807, 2.05) is 24.4 Å². The van der Waals surface area contributed by atoms with E-state index in [4.69, 9.17) is 5.14 Å². The number of carbonyl (C=O) groups excluding carboxylic acids is 1. The number of nitrogens with one attached hydrogen (secondary N) is 1. The largest absolute Gasteiger partial charge is 0.322 e. The molecule has 0 bridgehead atoms. The van der Waals surface area contributed by atoms with Gasteiger partial charge < -0.3 is 5.32 Å². The van der Waals surface area contributed by atoms with Crippen LogP contribution in [0.15, 0.2) is 46.7 Å². The Morgan fingerprint density at radius 2 is 1.97 bits per heavy atom. The first kappa shape index (κ1) is 20.2. The summed E-state index contributed by atoms with van der Waals surface area (Å²) in [5, 5.41) is 15.1. The molecule has 3 heterocycles. The molecule has 0 saturated carbocycles. The molecule has 0 saturated heterocycles. The molecule has 0 aliphatic heterocycles. The summed E-state index contributed by atoms with van der Waals surface area (Å²) >= 11 is 1.52. The number of hydrogen-bond acceptors (Lipinski definition) is 6. The monoisotopic (exact) mass is 441 g/mol. The number of thiophene rings is 1. The van der Waals surface area contributed by atoms with Crippen LogP contribution in [0.1, 0.15) is 21.6 Å². The Morgan fingerprint density at radius 3 is 2.63 bits per heavy atom. The molecule has 3 N–H and O–H groups in total. The van der Waals surface area contributed by atoms with Gasteiger partial charge in [0.1, 0.15) is 0 Å². The number of rotatable bonds is 4. The number of nitrogens with zero attached hydrogens (tertiary/aromatic N) is 3. The Kier molecular flexibility index (Phi) is 4.92. The van der Waals surface area contributed by atoms with E-state index < -0.39 is 10.0 Å². The SMILES string of the molecule is Cc1ccc(NC(=O)c2cc(-c3cccs3)nc3c2c(C)nn3C)cc1S(N)(=O)=O. The van der Waals surface area contributed by atoms with E-state index in [1.165, 1.54) is 17.4 Å². The highest BCUT2D eigenvalue weighted by atomic mass is 32.2. The zero-order valence-electron chi connectivity index (χ0n) is 16.5. The number of pyridine rings is 1. The minimum absolute atomic E-state index is 0.0305. The van der Waals surface area contributed by atoms with Gasteiger partial charge in [-0.15, -0.1) is 11.3 Å². The molecular formula is C20H19N5O3S2. The topological polar surface area (TPSA) is 120 Å². The summed E-state index contributed by atoms with van der Waals surface area (Å²) in [4.78, 5) is 18.8. The Bertz CT molecular complexity index is 1390. The quantitative estimate of drug-likeness (QED) is 0.504. The molecule has 0 fully saturated rings. The van der Waals surface area contributed by atoms with Gasteiger partial charge in [0.25, 0.3) is 5.91 Å². The third kappa shape index (κ3) is 3.60. The van der Waals surface area contributed by atoms with Crippen molar-refractivity contribution in [3.63, 3.8) is 0 Å². The van der Waals surface area contributed by atoms with Gasteiger partial charge in [0.05, 0.1) is 32.1 Å². The number of sulfonamides is 1. The lowest BCUT2D eigenvalue weighted by Gasteiger charge is -2.11. The molecule has 0 aliphatic carbocycles. The number of anilines is 1. The first-order chi connectivity index (χ1) is 14.1. The molecule has 4 aromatic rings. The van der Waals surface area contributed by atoms with Crippen LogP contribution in [0.2, 0.25) is 0 Å². The van der Waals surface area contributed by atoms with Crippen LogP contribution < -0.4 is 10.5 Å². The number of nitrogens with two attached hydrogens (primary N) is 1. The summed E-state index contributed by atoms with van der Waals surface area (Å²) in [7, 11) is -2.13. The van der Waals surface area contributed by atoms with E-state index in [2.05, 4.69) is 15.4 Å². The Labute approximate surface area is 177 Å². The van der Waals surface area contributed by atoms with Crippen molar-refractivity contribution >= 4 is 44.0 Å². The fraction of sp³-hybridized carbons (Fsp3) is 0.150. The number of hydrogen-bond donors (Lipinski definition) is 2. The molecule has 1 amide bonds. The predicted molar refractivity (Wildman–Crippen MR) is 117 cm³/mol. The highest BCUT2D eigenvalue weighted by Gasteiger charge is 2.20. The number of benzene rings is 1. The lowest BCUT2D eigenvalue weighted by Crippen LogP contribution is -2.16. The number of fused-ring (bicyclic) bond motifs is 1. The molecule has 4 rings (SSSR count). The molecule has 0 spiro atoms. The average Bonchev–Trinajstić information content (AvgIpc) is 3.30. The Balaban J connectivity index is 1.82. The number of aromatic nitrogens is 3. The van der Waals surface area contributed by atoms with Gasteiger partial charge in [0, 0.05) is 12.7 Å². The number of primary sulfonamides is 1. The molecule has 0 radical (unpaired) electrons. The molecule has 0 unspecified atom stereocenters. The second-order valence-corrected chi connectivity index (χ2v) is 9.40. The van der Waals surface area contributed by atoms with Crippen molar-refractivity contribution in [3.8, 4) is 10.6 Å². The van der Waals surface area contributed by atoms with Crippen molar-refractivity contribution < 1.29 is 13.2 Å². The Hall–Kier alpha value is -3.08. The van der Waals surface area contributed by atoms with Crippen molar-refractivity contribution in [1.82, 2.24) is 14.8 Å². The van der Waals surface area contributed by atoms with Crippen LogP contribution in [0.25, 0.3) is 21.6 Å². The van der Waals surface area contributed by atoms with E-state index in [1.54, 1.807) is 36.9 Å². The Morgan fingerprint density at radius 1 is 1.20 bits per heavy atom. The minimum Gasteiger partial charge on any atom is -0.322 e. The maximum absolute atomic E-state index is 13.2. The van der Waals surface area contributed by atoms with E-state index in [0.717, 1.165) is 4.88 Å². The molecule has 3 aromatic heterocycles. The summed E-state index contributed by atoms with van der Waals surface area (Å²) in [6.45, 7) is 3.46. The summed E-state index contributed by atoms with van der Waals surface area (Å²) in [6, 6.07) is 10.2. The predicted octanol–water partition coefficient (Wildman–Crippen LogP) is 3.21. The zero-order chi connectivity index (χ0) is 21.6. The van der Waals surface area contributed by atoms with E-state index in [9.17, 15) is 13.2 Å². The van der Waals surface area contributed by atoms with Gasteiger partial charge in [-0.2, -0.15) is 5.10 Å². The standard InChI is InChI=1S/C20H19N5O3S2/c1-11-6-7-13(9-17(11)30(21,27)28)22-20(26)14-10-15(16-5-4-8-29-16)23-19-18(14)12(2)24-25(19)3/h4-10H,1-3H3,(H,22,26)(H2,21,27,28). The van der Waals surface area contributed by atoms with Crippen molar-refractivity contribution in [2.75, 3.05) is 5.32 Å². The highest BCUT2D eigenvalue weighted by molar-refractivity contribution is 7.89. The molecule has 154 valence electrons. The molecule has 8 nitrogen and oxygen atoms in total. The lowest BCUT2D eigenvalue weighted by molar-refractivity contribution is 0.102. The maximum Gasteiger partial charge on any atom is 0.256 e. The van der Waals surface area contributed by atoms with Crippen molar-refractivity contribution in [1.29, 1.82) is 0 Å².